The fraction of sp³-hybridized carbons (Fsp3) is 0.100. The minimum Gasteiger partial charge on any atom is -0.538 e. The minimum atomic E-state index is -0.140. The summed E-state index contributed by atoms with van der Waals surface area (Å²) >= 11 is 0. The molecular weight excluding hydrogens is 207 g/mol. The zero-order valence-corrected chi connectivity index (χ0v) is 8.17. The molecular formula is C10H6BN2O3. The molecule has 1 aliphatic heterocycles. The van der Waals surface area contributed by atoms with Gasteiger partial charge in [0.25, 0.3) is 0 Å². The second-order valence-corrected chi connectivity index (χ2v) is 3.11. The lowest BCUT2D eigenvalue weighted by Gasteiger charge is -2.14. The van der Waals surface area contributed by atoms with Crippen LogP contribution in [0.25, 0.3) is 4.85 Å². The van der Waals surface area contributed by atoms with Crippen molar-refractivity contribution >= 4 is 31.1 Å². The number of benzene rings is 1. The summed E-state index contributed by atoms with van der Waals surface area (Å²) in [7, 11) is 0.481. The van der Waals surface area contributed by atoms with Gasteiger partial charge in [0.2, 0.25) is 0 Å². The summed E-state index contributed by atoms with van der Waals surface area (Å²) in [5.74, 6) is 0.0197. The molecule has 0 bridgehead atoms. The van der Waals surface area contributed by atoms with Gasteiger partial charge in [-0.15, -0.1) is 0 Å². The molecule has 1 N–H and O–H groups in total. The topological polar surface area (TPSA) is 63.2 Å². The first-order valence-electron chi connectivity index (χ1n) is 4.50. The van der Waals surface area contributed by atoms with Crippen LogP contribution in [0, 0.1) is 6.57 Å². The van der Waals surface area contributed by atoms with Gasteiger partial charge in [0.05, 0.1) is 17.8 Å². The first-order valence-corrected chi connectivity index (χ1v) is 4.50. The second-order valence-electron chi connectivity index (χ2n) is 3.11. The molecule has 16 heavy (non-hydrogen) atoms. The molecule has 0 saturated heterocycles. The summed E-state index contributed by atoms with van der Waals surface area (Å²) in [6, 6.07) is 2.91. The lowest BCUT2D eigenvalue weighted by molar-refractivity contribution is 0.0999. The Morgan fingerprint density at radius 3 is 3.06 bits per heavy atom. The number of hydrogen-bond acceptors (Lipinski definition) is 4. The van der Waals surface area contributed by atoms with E-state index in [-0.39, 0.29) is 18.0 Å². The van der Waals surface area contributed by atoms with Crippen LogP contribution in [0.4, 0.5) is 11.4 Å². The van der Waals surface area contributed by atoms with Gasteiger partial charge in [-0.2, -0.15) is 0 Å². The summed E-state index contributed by atoms with van der Waals surface area (Å²) in [5, 5.41) is 8.60. The fourth-order valence-corrected chi connectivity index (χ4v) is 1.51. The highest BCUT2D eigenvalue weighted by molar-refractivity contribution is 6.19. The van der Waals surface area contributed by atoms with E-state index in [1.807, 2.05) is 0 Å². The van der Waals surface area contributed by atoms with Gasteiger partial charge < -0.3 is 9.68 Å². The molecule has 2 rings (SSSR count). The van der Waals surface area contributed by atoms with E-state index in [1.54, 1.807) is 0 Å². The van der Waals surface area contributed by atoms with Gasteiger partial charge in [-0.05, 0) is 12.1 Å². The molecule has 0 aromatic heterocycles. The van der Waals surface area contributed by atoms with Crippen LogP contribution < -0.4 is 4.65 Å². The van der Waals surface area contributed by atoms with Crippen LogP contribution in [-0.2, 0) is 0 Å². The van der Waals surface area contributed by atoms with E-state index in [9.17, 15) is 4.79 Å². The Morgan fingerprint density at radius 2 is 2.38 bits per heavy atom. The molecule has 0 aliphatic carbocycles. The first-order chi connectivity index (χ1) is 7.76. The van der Waals surface area contributed by atoms with Gasteiger partial charge in [0, 0.05) is 12.6 Å². The van der Waals surface area contributed by atoms with E-state index in [0.29, 0.717) is 24.6 Å². The van der Waals surface area contributed by atoms with Gasteiger partial charge in [-0.3, -0.25) is 9.79 Å². The molecule has 0 saturated carbocycles. The number of carbonyl (C=O) groups is 1. The molecule has 0 fully saturated rings. The molecule has 1 aromatic carbocycles. The number of Topliss-reactive ketones (excluding diaryl/α,β-unsaturated/α-hetero) is 1. The maximum absolute atomic E-state index is 11.6. The zero-order chi connectivity index (χ0) is 11.5. The standard InChI is InChI=1S/C10H6BN2O3/c1-12-6-4-7-10(8(14)2-3-13-7)9(5-6)16-11-15/h3-5,15H,2H2. The Balaban J connectivity index is 2.63. The number of aliphatic imine (C=N–C) groups is 1. The summed E-state index contributed by atoms with van der Waals surface area (Å²) in [4.78, 5) is 18.9. The number of ketones is 1. The fourth-order valence-electron chi connectivity index (χ4n) is 1.51. The van der Waals surface area contributed by atoms with Crippen molar-refractivity contribution in [3.8, 4) is 5.75 Å². The monoisotopic (exact) mass is 213 g/mol. The van der Waals surface area contributed by atoms with Gasteiger partial charge in [0.1, 0.15) is 5.75 Å². The van der Waals surface area contributed by atoms with Gasteiger partial charge in [-0.25, -0.2) is 4.85 Å². The number of fused-ring (bicyclic) bond motifs is 1. The van der Waals surface area contributed by atoms with Gasteiger partial charge >= 0.3 is 7.69 Å². The highest BCUT2D eigenvalue weighted by Gasteiger charge is 2.20. The van der Waals surface area contributed by atoms with Crippen LogP contribution in [-0.4, -0.2) is 24.7 Å². The normalized spacial score (nSPS) is 12.9. The third-order valence-electron chi connectivity index (χ3n) is 2.16. The Morgan fingerprint density at radius 1 is 1.56 bits per heavy atom. The summed E-state index contributed by atoms with van der Waals surface area (Å²) in [6.45, 7) is 6.90. The van der Waals surface area contributed by atoms with Crippen LogP contribution in [0.2, 0.25) is 0 Å². The highest BCUT2D eigenvalue weighted by Crippen LogP contribution is 2.36. The van der Waals surface area contributed by atoms with Crippen molar-refractivity contribution in [2.75, 3.05) is 0 Å². The molecule has 0 spiro atoms. The predicted molar refractivity (Wildman–Crippen MR) is 58.4 cm³/mol. The van der Waals surface area contributed by atoms with E-state index in [0.717, 1.165) is 0 Å². The maximum Gasteiger partial charge on any atom is 0.569 e. The molecule has 5 nitrogen and oxygen atoms in total. The Bertz CT molecular complexity index is 520. The molecule has 0 unspecified atom stereocenters. The van der Waals surface area contributed by atoms with E-state index < -0.39 is 0 Å². The first kappa shape index (κ1) is 10.4. The predicted octanol–water partition coefficient (Wildman–Crippen LogP) is 1.43. The lowest BCUT2D eigenvalue weighted by Crippen LogP contribution is -2.10. The van der Waals surface area contributed by atoms with E-state index in [2.05, 4.69) is 9.84 Å². The molecule has 0 amide bonds. The van der Waals surface area contributed by atoms with Crippen molar-refractivity contribution in [2.45, 2.75) is 6.42 Å². The average Bonchev–Trinajstić information content (AvgIpc) is 2.29. The Kier molecular flexibility index (Phi) is 2.71. The molecule has 1 aliphatic rings. The maximum atomic E-state index is 11.6. The molecule has 77 valence electrons. The van der Waals surface area contributed by atoms with Gasteiger partial charge in [-0.1, -0.05) is 0 Å². The van der Waals surface area contributed by atoms with Crippen molar-refractivity contribution in [3.05, 3.63) is 29.1 Å². The van der Waals surface area contributed by atoms with E-state index in [1.165, 1.54) is 18.3 Å². The van der Waals surface area contributed by atoms with Crippen molar-refractivity contribution < 1.29 is 14.5 Å². The number of nitrogens with zero attached hydrogens (tertiary/aromatic N) is 2. The van der Waals surface area contributed by atoms with Crippen molar-refractivity contribution in [3.63, 3.8) is 0 Å². The summed E-state index contributed by atoms with van der Waals surface area (Å²) in [5.41, 5.74) is 1.02. The molecule has 1 heterocycles. The second kappa shape index (κ2) is 4.17. The quantitative estimate of drug-likeness (QED) is 0.596. The van der Waals surface area contributed by atoms with E-state index >= 15 is 0 Å². The minimum absolute atomic E-state index is 0.140. The van der Waals surface area contributed by atoms with Crippen LogP contribution in [0.15, 0.2) is 17.1 Å². The molecule has 6 heteroatoms. The molecule has 0 atom stereocenters. The summed E-state index contributed by atoms with van der Waals surface area (Å²) in [6.07, 6.45) is 1.69. The van der Waals surface area contributed by atoms with Crippen LogP contribution in [0.3, 0.4) is 0 Å². The van der Waals surface area contributed by atoms with Crippen molar-refractivity contribution in [2.24, 2.45) is 4.99 Å². The zero-order valence-electron chi connectivity index (χ0n) is 8.17. The smallest absolute Gasteiger partial charge is 0.538 e. The molecule has 1 radical (unpaired) electrons. The average molecular weight is 213 g/mol. The largest absolute Gasteiger partial charge is 0.569 e. The van der Waals surface area contributed by atoms with Gasteiger partial charge in [0.15, 0.2) is 11.5 Å². The highest BCUT2D eigenvalue weighted by atomic mass is 16.5. The Labute approximate surface area is 92.5 Å². The molecule has 1 aromatic rings. The van der Waals surface area contributed by atoms with Crippen LogP contribution in [0.1, 0.15) is 16.8 Å². The van der Waals surface area contributed by atoms with Crippen molar-refractivity contribution in [1.29, 1.82) is 0 Å². The van der Waals surface area contributed by atoms with Crippen LogP contribution in [0.5, 0.6) is 5.75 Å². The third-order valence-corrected chi connectivity index (χ3v) is 2.16. The van der Waals surface area contributed by atoms with Crippen LogP contribution >= 0.6 is 0 Å². The summed E-state index contributed by atoms with van der Waals surface area (Å²) < 4.78 is 4.81. The number of hydrogen-bond donors (Lipinski definition) is 1. The van der Waals surface area contributed by atoms with E-state index in [4.69, 9.17) is 16.3 Å². The van der Waals surface area contributed by atoms with Crippen molar-refractivity contribution in [1.82, 2.24) is 0 Å². The lowest BCUT2D eigenvalue weighted by atomic mass is 10.0. The SMILES string of the molecule is [C-]#[N+]c1cc2c(c(O[B]O)c1)C(=O)CC=N2. The number of carbonyl (C=O) groups excluding carboxylic acids is 1. The number of rotatable bonds is 2. The third kappa shape index (κ3) is 1.68. The Hall–Kier alpha value is -2.13.